The molecule has 27 heavy (non-hydrogen) atoms. The van der Waals surface area contributed by atoms with Gasteiger partial charge < -0.3 is 5.32 Å². The minimum atomic E-state index is 0.474. The lowest BCUT2D eigenvalue weighted by molar-refractivity contribution is 0.867. The number of nitrogens with one attached hydrogen (secondary N) is 2. The summed E-state index contributed by atoms with van der Waals surface area (Å²) in [5, 5.41) is 8.28. The van der Waals surface area contributed by atoms with Gasteiger partial charge in [-0.1, -0.05) is 74.5 Å². The first kappa shape index (κ1) is 17.4. The van der Waals surface area contributed by atoms with E-state index < -0.39 is 0 Å². The molecule has 0 fully saturated rings. The first-order valence-corrected chi connectivity index (χ1v) is 9.48. The largest absolute Gasteiger partial charge is 0.331 e. The second kappa shape index (κ2) is 7.33. The van der Waals surface area contributed by atoms with Crippen molar-refractivity contribution in [2.24, 2.45) is 5.10 Å². The SMILES string of the molecule is CC(C)c1ccc(NC(=S)NN=C2c3ccccc3-c3ccccc32)cc1. The van der Waals surface area contributed by atoms with Crippen LogP contribution in [0.2, 0.25) is 0 Å². The van der Waals surface area contributed by atoms with Crippen LogP contribution < -0.4 is 10.7 Å². The number of benzene rings is 3. The number of fused-ring (bicyclic) bond motifs is 3. The van der Waals surface area contributed by atoms with Crippen molar-refractivity contribution in [1.82, 2.24) is 5.43 Å². The zero-order valence-corrected chi connectivity index (χ0v) is 16.2. The third kappa shape index (κ3) is 3.49. The van der Waals surface area contributed by atoms with Gasteiger partial charge in [0.1, 0.15) is 0 Å². The van der Waals surface area contributed by atoms with Crippen LogP contribution in [0.1, 0.15) is 36.5 Å². The highest BCUT2D eigenvalue weighted by Crippen LogP contribution is 2.36. The van der Waals surface area contributed by atoms with E-state index in [0.29, 0.717) is 11.0 Å². The van der Waals surface area contributed by atoms with Crippen molar-refractivity contribution in [2.45, 2.75) is 19.8 Å². The van der Waals surface area contributed by atoms with Gasteiger partial charge in [0.25, 0.3) is 0 Å². The van der Waals surface area contributed by atoms with Gasteiger partial charge in [0.05, 0.1) is 5.71 Å². The third-order valence-corrected chi connectivity index (χ3v) is 4.95. The van der Waals surface area contributed by atoms with E-state index in [4.69, 9.17) is 12.2 Å². The molecule has 0 unspecified atom stereocenters. The fourth-order valence-corrected chi connectivity index (χ4v) is 3.50. The van der Waals surface area contributed by atoms with Crippen molar-refractivity contribution in [1.29, 1.82) is 0 Å². The normalized spacial score (nSPS) is 11.7. The minimum absolute atomic E-state index is 0.474. The van der Waals surface area contributed by atoms with Crippen LogP contribution in [0.4, 0.5) is 5.69 Å². The van der Waals surface area contributed by atoms with Gasteiger partial charge in [0.2, 0.25) is 0 Å². The molecule has 0 atom stereocenters. The Bertz CT molecular complexity index is 972. The van der Waals surface area contributed by atoms with Crippen molar-refractivity contribution in [2.75, 3.05) is 5.32 Å². The zero-order valence-electron chi connectivity index (χ0n) is 15.4. The predicted molar refractivity (Wildman–Crippen MR) is 117 cm³/mol. The number of nitrogens with zero attached hydrogens (tertiary/aromatic N) is 1. The Balaban J connectivity index is 1.53. The molecule has 0 saturated carbocycles. The van der Waals surface area contributed by atoms with E-state index in [9.17, 15) is 0 Å². The number of rotatable bonds is 3. The molecular weight excluding hydrogens is 350 g/mol. The predicted octanol–water partition coefficient (Wildman–Crippen LogP) is 5.53. The molecule has 0 aromatic heterocycles. The van der Waals surface area contributed by atoms with E-state index >= 15 is 0 Å². The van der Waals surface area contributed by atoms with Crippen LogP contribution in [0.15, 0.2) is 77.9 Å². The van der Waals surface area contributed by atoms with Gasteiger partial charge in [0, 0.05) is 16.8 Å². The van der Waals surface area contributed by atoms with E-state index in [1.165, 1.54) is 16.7 Å². The molecule has 2 N–H and O–H groups in total. The van der Waals surface area contributed by atoms with E-state index in [0.717, 1.165) is 22.5 Å². The molecule has 3 aromatic rings. The van der Waals surface area contributed by atoms with Gasteiger partial charge in [-0.05, 0) is 47.0 Å². The van der Waals surface area contributed by atoms with Crippen molar-refractivity contribution in [3.8, 4) is 11.1 Å². The van der Waals surface area contributed by atoms with Gasteiger partial charge >= 0.3 is 0 Å². The Morgan fingerprint density at radius 3 is 1.81 bits per heavy atom. The van der Waals surface area contributed by atoms with E-state index in [1.807, 2.05) is 24.3 Å². The van der Waals surface area contributed by atoms with Gasteiger partial charge in [-0.3, -0.25) is 5.43 Å². The number of anilines is 1. The fourth-order valence-electron chi connectivity index (χ4n) is 3.33. The Hall–Kier alpha value is -2.98. The summed E-state index contributed by atoms with van der Waals surface area (Å²) < 4.78 is 0. The van der Waals surface area contributed by atoms with Crippen molar-refractivity contribution in [3.05, 3.63) is 89.5 Å². The second-order valence-corrected chi connectivity index (χ2v) is 7.30. The van der Waals surface area contributed by atoms with Gasteiger partial charge in [-0.25, -0.2) is 0 Å². The topological polar surface area (TPSA) is 36.4 Å². The maximum atomic E-state index is 5.42. The van der Waals surface area contributed by atoms with Crippen LogP contribution in [0.3, 0.4) is 0 Å². The average molecular weight is 372 g/mol. The van der Waals surface area contributed by atoms with Crippen LogP contribution in [0.5, 0.6) is 0 Å². The van der Waals surface area contributed by atoms with Crippen LogP contribution in [0, 0.1) is 0 Å². The van der Waals surface area contributed by atoms with Crippen molar-refractivity contribution >= 4 is 28.7 Å². The minimum Gasteiger partial charge on any atom is -0.331 e. The highest BCUT2D eigenvalue weighted by molar-refractivity contribution is 7.80. The lowest BCUT2D eigenvalue weighted by Crippen LogP contribution is -2.25. The monoisotopic (exact) mass is 371 g/mol. The van der Waals surface area contributed by atoms with Crippen LogP contribution in [-0.4, -0.2) is 10.8 Å². The number of hydrogen-bond acceptors (Lipinski definition) is 2. The fraction of sp³-hybridized carbons (Fsp3) is 0.130. The first-order chi connectivity index (χ1) is 13.1. The zero-order chi connectivity index (χ0) is 18.8. The maximum absolute atomic E-state index is 5.42. The molecular formula is C23H21N3S. The summed E-state index contributed by atoms with van der Waals surface area (Å²) in [4.78, 5) is 0. The van der Waals surface area contributed by atoms with Crippen LogP contribution >= 0.6 is 12.2 Å². The summed E-state index contributed by atoms with van der Waals surface area (Å²) in [6, 6.07) is 24.9. The lowest BCUT2D eigenvalue weighted by Gasteiger charge is -2.10. The molecule has 0 saturated heterocycles. The molecule has 3 nitrogen and oxygen atoms in total. The molecule has 0 spiro atoms. The average Bonchev–Trinajstić information content (AvgIpc) is 3.01. The number of thiocarbonyl (C=S) groups is 1. The smallest absolute Gasteiger partial charge is 0.191 e. The Labute approximate surface area is 165 Å². The number of hydrazone groups is 1. The molecule has 4 rings (SSSR count). The molecule has 0 aliphatic heterocycles. The molecule has 0 radical (unpaired) electrons. The Kier molecular flexibility index (Phi) is 4.73. The van der Waals surface area contributed by atoms with Gasteiger partial charge in [-0.2, -0.15) is 5.10 Å². The molecule has 0 heterocycles. The highest BCUT2D eigenvalue weighted by atomic mass is 32.1. The highest BCUT2D eigenvalue weighted by Gasteiger charge is 2.24. The molecule has 134 valence electrons. The van der Waals surface area contributed by atoms with E-state index in [-0.39, 0.29) is 0 Å². The van der Waals surface area contributed by atoms with Crippen molar-refractivity contribution < 1.29 is 0 Å². The molecule has 0 bridgehead atoms. The molecule has 1 aliphatic rings. The van der Waals surface area contributed by atoms with E-state index in [1.54, 1.807) is 0 Å². The summed E-state index contributed by atoms with van der Waals surface area (Å²) in [5.41, 5.74) is 10.8. The summed E-state index contributed by atoms with van der Waals surface area (Å²) in [5.74, 6) is 0.512. The maximum Gasteiger partial charge on any atom is 0.191 e. The second-order valence-electron chi connectivity index (χ2n) is 6.89. The van der Waals surface area contributed by atoms with Crippen molar-refractivity contribution in [3.63, 3.8) is 0 Å². The standard InChI is InChI=1S/C23H21N3S/c1-15(2)16-11-13-17(14-12-16)24-23(27)26-25-22-20-9-5-3-7-18(20)19-8-4-6-10-21(19)22/h3-15H,1-2H3,(H2,24,26,27). The van der Waals surface area contributed by atoms with E-state index in [2.05, 4.69) is 78.2 Å². The molecule has 0 amide bonds. The molecule has 4 heteroatoms. The first-order valence-electron chi connectivity index (χ1n) is 9.07. The Morgan fingerprint density at radius 2 is 1.30 bits per heavy atom. The third-order valence-electron chi connectivity index (χ3n) is 4.76. The van der Waals surface area contributed by atoms with Crippen LogP contribution in [0.25, 0.3) is 11.1 Å². The molecule has 1 aliphatic carbocycles. The summed E-state index contributed by atoms with van der Waals surface area (Å²) in [6.45, 7) is 4.37. The quantitative estimate of drug-likeness (QED) is 0.367. The lowest BCUT2D eigenvalue weighted by atomic mass is 10.0. The Morgan fingerprint density at radius 1 is 0.778 bits per heavy atom. The summed E-state index contributed by atoms with van der Waals surface area (Å²) in [6.07, 6.45) is 0. The summed E-state index contributed by atoms with van der Waals surface area (Å²) >= 11 is 5.42. The summed E-state index contributed by atoms with van der Waals surface area (Å²) in [7, 11) is 0. The van der Waals surface area contributed by atoms with Gasteiger partial charge in [-0.15, -0.1) is 0 Å². The number of hydrogen-bond donors (Lipinski definition) is 2. The molecule has 3 aromatic carbocycles. The van der Waals surface area contributed by atoms with Crippen LogP contribution in [-0.2, 0) is 0 Å². The van der Waals surface area contributed by atoms with Gasteiger partial charge in [0.15, 0.2) is 5.11 Å².